The minimum atomic E-state index is -4.35. The number of carbonyl (C=O) groups excluding carboxylic acids is 3. The van der Waals surface area contributed by atoms with Crippen molar-refractivity contribution in [2.24, 2.45) is 40.5 Å². The van der Waals surface area contributed by atoms with Crippen molar-refractivity contribution in [1.82, 2.24) is 10.3 Å². The maximum Gasteiger partial charge on any atom is 0.342 e. The fourth-order valence-corrected chi connectivity index (χ4v) is 9.88. The van der Waals surface area contributed by atoms with Gasteiger partial charge in [0.2, 0.25) is 5.91 Å². The molecule has 2 amide bonds. The minimum Gasteiger partial charge on any atom is -0.748 e. The van der Waals surface area contributed by atoms with Gasteiger partial charge in [0.15, 0.2) is 0 Å². The zero-order valence-electron chi connectivity index (χ0n) is 34.0. The molecule has 0 aromatic carbocycles. The number of allylic oxidation sites excluding steroid dienone is 1. The molecule has 0 bridgehead atoms. The second kappa shape index (κ2) is 20.4. The van der Waals surface area contributed by atoms with Gasteiger partial charge in [0, 0.05) is 25.2 Å². The van der Waals surface area contributed by atoms with Crippen LogP contribution in [-0.2, 0) is 65.1 Å². The first-order valence-electron chi connectivity index (χ1n) is 19.1. The van der Waals surface area contributed by atoms with E-state index in [2.05, 4.69) is 52.2 Å². The Hall–Kier alpha value is -2.36. The Labute approximate surface area is 343 Å². The Bertz CT molecular complexity index is 1730. The van der Waals surface area contributed by atoms with Gasteiger partial charge >= 0.3 is 5.97 Å². The van der Waals surface area contributed by atoms with E-state index >= 15 is 0 Å². The molecule has 3 aliphatic rings. The molecule has 1 aliphatic heterocycles. The molecule has 5 unspecified atom stereocenters. The molecule has 2 N–H and O–H groups in total. The fourth-order valence-electron chi connectivity index (χ4n) is 8.32. The van der Waals surface area contributed by atoms with E-state index in [1.165, 1.54) is 18.7 Å². The number of esters is 1. The van der Waals surface area contributed by atoms with Crippen LogP contribution in [0.2, 0.25) is 0 Å². The predicted octanol–water partition coefficient (Wildman–Crippen LogP) is 6.28. The molecule has 55 heavy (non-hydrogen) atoms. The summed E-state index contributed by atoms with van der Waals surface area (Å²) >= 11 is 1.19. The second-order valence-electron chi connectivity index (χ2n) is 16.0. The van der Waals surface area contributed by atoms with E-state index in [0.29, 0.717) is 52.0 Å². The van der Waals surface area contributed by atoms with Gasteiger partial charge < -0.3 is 24.9 Å². The van der Waals surface area contributed by atoms with Crippen molar-refractivity contribution in [1.29, 1.82) is 0 Å². The number of aliphatic imine (C=N–C) groups is 1. The summed E-state index contributed by atoms with van der Waals surface area (Å²) in [4.78, 5) is 60.7. The summed E-state index contributed by atoms with van der Waals surface area (Å²) < 4.78 is 39.2. The van der Waals surface area contributed by atoms with Crippen molar-refractivity contribution in [3.05, 3.63) is 33.7 Å². The molecule has 2 fully saturated rings. The first-order chi connectivity index (χ1) is 25.2. The third-order valence-electron chi connectivity index (χ3n) is 10.8. The molecule has 2 aliphatic carbocycles. The number of amidine groups is 1. The van der Waals surface area contributed by atoms with Crippen LogP contribution in [0.5, 0.6) is 0 Å². The number of rotatable bonds is 14. The maximum atomic E-state index is 14.0. The standard InChI is InChI=1S/C39H60N4O9S2.Zn/c1-20-14-22(3)34(23(4)15-20)51-39(46)33-27(8)32(42-37(33)43-38(45)28(9)53-12-11-13-54(47,48)49)18-31-26(7)30(36(41-31)40-29(10)44)19-50-52-35-24(5)16-21(2)17-25(35)6;/h18,20-25,28,34-35H,11-17,19H2,1-10H3,(H4,40,41,42,43,44,45,46,47,48,49);/p-2. The van der Waals surface area contributed by atoms with E-state index in [1.54, 1.807) is 19.9 Å². The van der Waals surface area contributed by atoms with Crippen molar-refractivity contribution < 1.29 is 61.3 Å². The van der Waals surface area contributed by atoms with Crippen LogP contribution in [0, 0.1) is 42.4 Å². The van der Waals surface area contributed by atoms with Crippen LogP contribution in [0.3, 0.4) is 0 Å². The van der Waals surface area contributed by atoms with E-state index in [0.717, 1.165) is 31.2 Å². The van der Waals surface area contributed by atoms with E-state index in [9.17, 15) is 27.4 Å². The van der Waals surface area contributed by atoms with Crippen LogP contribution in [0.4, 0.5) is 5.82 Å². The van der Waals surface area contributed by atoms with Gasteiger partial charge in [-0.2, -0.15) is 0 Å². The molecule has 1 aromatic heterocycles. The number of hydrogen-bond acceptors (Lipinski definition) is 11. The molecule has 2 heterocycles. The van der Waals surface area contributed by atoms with Crippen LogP contribution >= 0.6 is 11.8 Å². The average molecular weight is 856 g/mol. The molecular weight excluding hydrogens is 798 g/mol. The number of aromatic nitrogens is 1. The summed E-state index contributed by atoms with van der Waals surface area (Å²) in [6, 6.07) is 0. The Morgan fingerprint density at radius 1 is 0.964 bits per heavy atom. The van der Waals surface area contributed by atoms with Crippen LogP contribution in [0.25, 0.3) is 6.08 Å². The van der Waals surface area contributed by atoms with Gasteiger partial charge in [0.05, 0.1) is 27.2 Å². The van der Waals surface area contributed by atoms with E-state index in [4.69, 9.17) is 24.5 Å². The van der Waals surface area contributed by atoms with Crippen LogP contribution < -0.4 is 15.6 Å². The Morgan fingerprint density at radius 3 is 2.07 bits per heavy atom. The number of thioether (sulfide) groups is 1. The predicted molar refractivity (Wildman–Crippen MR) is 209 cm³/mol. The molecular formula is C39H58N4O9S2Zn-2. The summed E-state index contributed by atoms with van der Waals surface area (Å²) in [7, 11) is -4.35. The zero-order valence-corrected chi connectivity index (χ0v) is 38.6. The molecule has 0 saturated heterocycles. The summed E-state index contributed by atoms with van der Waals surface area (Å²) in [6.45, 7) is 19.7. The quantitative estimate of drug-likeness (QED) is 0.0536. The van der Waals surface area contributed by atoms with E-state index in [1.807, 2.05) is 6.92 Å². The molecule has 5 atom stereocenters. The third kappa shape index (κ3) is 12.8. The monoisotopic (exact) mass is 854 g/mol. The van der Waals surface area contributed by atoms with Gasteiger partial charge in [-0.05, 0) is 130 Å². The van der Waals surface area contributed by atoms with Gasteiger partial charge in [0.1, 0.15) is 30.0 Å². The smallest absolute Gasteiger partial charge is 0.342 e. The van der Waals surface area contributed by atoms with Crippen LogP contribution in [0.15, 0.2) is 21.8 Å². The topological polar surface area (TPSA) is 187 Å². The largest absolute Gasteiger partial charge is 0.748 e. The van der Waals surface area contributed by atoms with Gasteiger partial charge in [-0.3, -0.25) is 9.59 Å². The number of nitrogens with one attached hydrogen (secondary N) is 2. The minimum absolute atomic E-state index is 0. The van der Waals surface area contributed by atoms with Crippen LogP contribution in [0.1, 0.15) is 111 Å². The molecule has 16 heteroatoms. The van der Waals surface area contributed by atoms with E-state index in [-0.39, 0.29) is 79.6 Å². The van der Waals surface area contributed by atoms with Gasteiger partial charge in [-0.1, -0.05) is 47.4 Å². The molecule has 13 nitrogen and oxygen atoms in total. The summed E-state index contributed by atoms with van der Waals surface area (Å²) in [6.07, 6.45) is 5.42. The average Bonchev–Trinajstić information content (AvgIpc) is 3.51. The van der Waals surface area contributed by atoms with Gasteiger partial charge in [-0.25, -0.2) is 28.0 Å². The SMILES string of the molecule is CC(=O)Nc1[n-]c(/C=C2\N=C(NC(=O)C(C)SCCCS(=O)(=O)[O-])C(C(=O)OC3C(C)CC(C)CC3C)=C2C)c(C)c1COOC1C(C)CC(C)CC1C.[Zn]. The molecule has 304 valence electrons. The normalized spacial score (nSPS) is 28.3. The third-order valence-corrected chi connectivity index (χ3v) is 12.9. The van der Waals surface area contributed by atoms with Gasteiger partial charge in [-0.15, -0.1) is 11.8 Å². The number of carbonyl (C=O) groups is 3. The Morgan fingerprint density at radius 2 is 1.53 bits per heavy atom. The van der Waals surface area contributed by atoms with Crippen molar-refractivity contribution >= 4 is 57.4 Å². The Kier molecular flexibility index (Phi) is 17.4. The number of anilines is 1. The van der Waals surface area contributed by atoms with Crippen molar-refractivity contribution in [3.63, 3.8) is 0 Å². The molecule has 0 radical (unpaired) electrons. The van der Waals surface area contributed by atoms with Gasteiger partial charge in [0.25, 0.3) is 0 Å². The second-order valence-corrected chi connectivity index (χ2v) is 19.0. The molecule has 2 saturated carbocycles. The van der Waals surface area contributed by atoms with Crippen LogP contribution in [-0.4, -0.2) is 65.6 Å². The molecule has 0 spiro atoms. The number of amides is 2. The molecule has 4 rings (SSSR count). The van der Waals surface area contributed by atoms with Crippen molar-refractivity contribution in [2.45, 2.75) is 125 Å². The molecule has 1 aromatic rings. The number of nitrogens with zero attached hydrogens (tertiary/aromatic N) is 2. The number of ether oxygens (including phenoxy) is 1. The van der Waals surface area contributed by atoms with E-state index < -0.39 is 33.0 Å². The summed E-state index contributed by atoms with van der Waals surface area (Å²) in [5, 5.41) is 4.96. The van der Waals surface area contributed by atoms with Crippen molar-refractivity contribution in [2.75, 3.05) is 16.8 Å². The summed E-state index contributed by atoms with van der Waals surface area (Å²) in [5.74, 6) is 0.911. The first kappa shape index (κ1) is 47.0. The Balaban J connectivity index is 0.00000812. The first-order valence-corrected chi connectivity index (χ1v) is 21.7. The van der Waals surface area contributed by atoms with Crippen molar-refractivity contribution in [3.8, 4) is 0 Å². The summed E-state index contributed by atoms with van der Waals surface area (Å²) in [5.41, 5.74) is 2.86. The fraction of sp³-hybridized carbons (Fsp3) is 0.692. The number of hydrogen-bond donors (Lipinski definition) is 2. The zero-order chi connectivity index (χ0) is 40.1. The maximum absolute atomic E-state index is 14.0.